The number of amides is 8. The van der Waals surface area contributed by atoms with Crippen LogP contribution in [0.25, 0.3) is 0 Å². The van der Waals surface area contributed by atoms with Gasteiger partial charge in [0.1, 0.15) is 51.4 Å². The third-order valence-electron chi connectivity index (χ3n) is 25.8. The molecule has 0 saturated heterocycles. The smallest absolute Gasteiger partial charge is 0.293 e. The van der Waals surface area contributed by atoms with Crippen LogP contribution in [0.4, 0.5) is 35.9 Å². The fraction of sp³-hybridized carbons (Fsp3) is 0.341. The van der Waals surface area contributed by atoms with Crippen molar-refractivity contribution in [3.63, 3.8) is 0 Å². The lowest BCUT2D eigenvalue weighted by atomic mass is 10.0. The fourth-order valence-electron chi connectivity index (χ4n) is 18.3. The summed E-state index contributed by atoms with van der Waals surface area (Å²) in [5.41, 5.74) is 8.78. The Kier molecular flexibility index (Phi) is 24.3. The molecule has 36 nitrogen and oxygen atoms in total. The first kappa shape index (κ1) is 90.6. The zero-order chi connectivity index (χ0) is 94.2. The first-order valence-corrected chi connectivity index (χ1v) is 44.3. The Morgan fingerprint density at radius 1 is 0.361 bits per heavy atom. The number of hydrogen-bond donors (Lipinski definition) is 12. The normalized spacial score (nSPS) is 15.7. The standard InChI is InChI=1S/2C23H22ClFN6O3.C23H24N6O3.C22H20ClFN6O3/c2*1-11-5-6-13(18(25)17(11)24)27-21(33)19-12(2)16(14-4-3-9-31(14)19)20(32)22(34)28-23(7-8-23)15-10-26-30-29-15;1-13-5-3-6-15(11-13)25-21(31)19-14(2)18(16-7-4-10-29(16)19)20(30)22(32)26-23(8-9-23)17-12-24-28-27-17;1-11-17(19(31)21(33)27-22(6-7-22)16-10-25-29-28-16)15-3-2-8-30(15)18(11)20(32)26-14-9-12(23)4-5-13(14)24/h2*5-6,10H,3-4,7-9H2,1-2H3,(H,27,33)(H,28,34)(H,26,29,30);3,5-6,11-12H,4,7-10H2,1-2H3,(H,25,31)(H,26,32)(H,24,27,28);4-5,9-10H,2-3,6-8H2,1H3,(H,26,32)(H,27,33)(H,25,28,29). The topological polar surface area (TPSA) is 487 Å². The molecule has 0 atom stereocenters. The van der Waals surface area contributed by atoms with E-state index in [-0.39, 0.29) is 71.8 Å². The number of carbonyl (C=O) groups excluding carboxylic acids is 12. The summed E-state index contributed by atoms with van der Waals surface area (Å²) in [5.74, 6) is -9.75. The van der Waals surface area contributed by atoms with Gasteiger partial charge in [0.05, 0.1) is 96.3 Å². The van der Waals surface area contributed by atoms with E-state index in [1.165, 1.54) is 42.9 Å². The molecule has 8 amide bonds. The summed E-state index contributed by atoms with van der Waals surface area (Å²) in [5, 5.41) is 63.4. The predicted octanol–water partition coefficient (Wildman–Crippen LogP) is 11.7. The maximum atomic E-state index is 14.6. The highest BCUT2D eigenvalue weighted by Crippen LogP contribution is 2.49. The lowest BCUT2D eigenvalue weighted by Gasteiger charge is -2.14. The van der Waals surface area contributed by atoms with Crippen molar-refractivity contribution >= 4 is 128 Å². The quantitative estimate of drug-likeness (QED) is 0.0197. The first-order chi connectivity index (χ1) is 63.7. The van der Waals surface area contributed by atoms with Gasteiger partial charge in [-0.2, -0.15) is 61.6 Å². The van der Waals surface area contributed by atoms with Crippen molar-refractivity contribution in [2.75, 3.05) is 21.3 Å². The summed E-state index contributed by atoms with van der Waals surface area (Å²) in [6.07, 6.45) is 16.8. The number of hydrogen-bond acceptors (Lipinski definition) is 20. The minimum absolute atomic E-state index is 0.0533. The van der Waals surface area contributed by atoms with Crippen LogP contribution in [0.15, 0.2) is 91.5 Å². The Morgan fingerprint density at radius 2 is 0.654 bits per heavy atom. The predicted molar refractivity (Wildman–Crippen MR) is 476 cm³/mol. The molecule has 0 bridgehead atoms. The van der Waals surface area contributed by atoms with E-state index in [0.717, 1.165) is 43.0 Å². The fourth-order valence-corrected chi connectivity index (χ4v) is 18.8. The van der Waals surface area contributed by atoms with Gasteiger partial charge in [-0.25, -0.2) is 13.2 Å². The number of carbonyl (C=O) groups is 12. The molecule has 42 heteroatoms. The van der Waals surface area contributed by atoms with Crippen LogP contribution in [0, 0.1) is 65.9 Å². The third-order valence-corrected chi connectivity index (χ3v) is 26.9. The van der Waals surface area contributed by atoms with Crippen LogP contribution in [0.1, 0.15) is 245 Å². The van der Waals surface area contributed by atoms with Gasteiger partial charge in [0.2, 0.25) is 0 Å². The number of Topliss-reactive ketones (excluding diaryl/α,β-unsaturated/α-hetero) is 4. The molecule has 4 saturated carbocycles. The summed E-state index contributed by atoms with van der Waals surface area (Å²) in [7, 11) is 0. The second-order valence-corrected chi connectivity index (χ2v) is 35.7. The van der Waals surface area contributed by atoms with Gasteiger partial charge in [-0.05, 0) is 233 Å². The lowest BCUT2D eigenvalue weighted by molar-refractivity contribution is -0.118. The van der Waals surface area contributed by atoms with Crippen LogP contribution in [0.5, 0.6) is 0 Å². The summed E-state index contributed by atoms with van der Waals surface area (Å²) in [6, 6.07) is 17.5. The Hall–Kier alpha value is -14.3. The maximum Gasteiger partial charge on any atom is 0.293 e. The molecule has 8 aromatic heterocycles. The molecule has 0 spiro atoms. The van der Waals surface area contributed by atoms with Crippen LogP contribution < -0.4 is 42.5 Å². The number of H-pyrrole nitrogens is 4. The summed E-state index contributed by atoms with van der Waals surface area (Å²) in [6.45, 7) is 14.1. The molecule has 0 unspecified atom stereocenters. The van der Waals surface area contributed by atoms with Crippen molar-refractivity contribution in [3.05, 3.63) is 254 Å². The molecule has 686 valence electrons. The highest BCUT2D eigenvalue weighted by atomic mass is 35.5. The molecule has 4 aromatic carbocycles. The second kappa shape index (κ2) is 35.7. The number of rotatable bonds is 24. The molecular formula is C91H88Cl3F3N24O12. The molecule has 4 fully saturated rings. The number of ketones is 4. The highest BCUT2D eigenvalue weighted by Gasteiger charge is 2.54. The van der Waals surface area contributed by atoms with Crippen molar-refractivity contribution in [1.82, 2.24) is 101 Å². The number of anilines is 4. The molecule has 0 radical (unpaired) electrons. The Labute approximate surface area is 769 Å². The number of aromatic amines is 4. The molecular weight excluding hydrogens is 1780 g/mol. The summed E-state index contributed by atoms with van der Waals surface area (Å²) < 4.78 is 50.4. The molecule has 4 aliphatic carbocycles. The molecule has 8 aliphatic rings. The van der Waals surface area contributed by atoms with Crippen molar-refractivity contribution in [3.8, 4) is 0 Å². The number of fused-ring (bicyclic) bond motifs is 4. The molecule has 12 aromatic rings. The summed E-state index contributed by atoms with van der Waals surface area (Å²) >= 11 is 17.9. The number of aryl methyl sites for hydroxylation is 3. The first-order valence-electron chi connectivity index (χ1n) is 43.1. The van der Waals surface area contributed by atoms with Gasteiger partial charge in [-0.15, -0.1) is 0 Å². The van der Waals surface area contributed by atoms with E-state index in [4.69, 9.17) is 34.8 Å². The van der Waals surface area contributed by atoms with Gasteiger partial charge in [0.25, 0.3) is 70.4 Å². The van der Waals surface area contributed by atoms with Crippen molar-refractivity contribution in [1.29, 1.82) is 0 Å². The zero-order valence-corrected chi connectivity index (χ0v) is 75.1. The monoisotopic (exact) mass is 1870 g/mol. The Morgan fingerprint density at radius 3 is 0.932 bits per heavy atom. The van der Waals surface area contributed by atoms with Gasteiger partial charge in [-0.1, -0.05) is 59.1 Å². The van der Waals surface area contributed by atoms with Crippen molar-refractivity contribution < 1.29 is 70.7 Å². The number of nitrogens with zero attached hydrogens (tertiary/aromatic N) is 12. The molecule has 4 aliphatic heterocycles. The van der Waals surface area contributed by atoms with Crippen LogP contribution in [0.3, 0.4) is 0 Å². The molecule has 20 rings (SSSR count). The number of benzene rings is 4. The zero-order valence-electron chi connectivity index (χ0n) is 72.8. The average Bonchev–Trinajstić information content (AvgIpc) is 1.59. The Balaban J connectivity index is 0.000000124. The minimum atomic E-state index is -0.758. The van der Waals surface area contributed by atoms with E-state index in [1.807, 2.05) is 35.8 Å². The third kappa shape index (κ3) is 17.2. The van der Waals surface area contributed by atoms with Gasteiger partial charge in [-0.3, -0.25) is 57.5 Å². The SMILES string of the molecule is Cc1c(C(=O)C(=O)NC2(c3cn[nH]n3)CC2)c2n(c1C(=O)Nc1cc(Cl)ccc1F)CCC2.Cc1ccc(NC(=O)c2c(C)c(C(=O)C(=O)NC3(c4cn[nH]n4)CC3)c3n2CCC3)c(F)c1Cl.Cc1ccc(NC(=O)c2c(C)c(C(=O)C(=O)NC3(c4cn[nH]n4)CC3)c3n2CCC3)c(F)c1Cl.Cc1cccc(NC(=O)c2c(C)c(C(=O)C(=O)NC3(c4cn[nH]n4)CC3)c3n2CCC3)c1. The summed E-state index contributed by atoms with van der Waals surface area (Å²) in [4.78, 5) is 157. The van der Waals surface area contributed by atoms with E-state index in [0.29, 0.717) is 193 Å². The minimum Gasteiger partial charge on any atom is -0.340 e. The van der Waals surface area contributed by atoms with E-state index in [2.05, 4.69) is 104 Å². The van der Waals surface area contributed by atoms with Crippen LogP contribution >= 0.6 is 34.8 Å². The maximum absolute atomic E-state index is 14.6. The van der Waals surface area contributed by atoms with Crippen molar-refractivity contribution in [2.24, 2.45) is 0 Å². The van der Waals surface area contributed by atoms with Gasteiger partial charge in [0.15, 0.2) is 11.6 Å². The van der Waals surface area contributed by atoms with Gasteiger partial charge in [0, 0.05) is 59.7 Å². The van der Waals surface area contributed by atoms with Crippen LogP contribution in [0.2, 0.25) is 15.1 Å². The second-order valence-electron chi connectivity index (χ2n) is 34.5. The van der Waals surface area contributed by atoms with E-state index >= 15 is 0 Å². The van der Waals surface area contributed by atoms with E-state index < -0.39 is 104 Å². The van der Waals surface area contributed by atoms with Crippen LogP contribution in [-0.4, -0.2) is 150 Å². The van der Waals surface area contributed by atoms with E-state index in [9.17, 15) is 70.7 Å². The molecule has 12 N–H and O–H groups in total. The number of nitrogens with one attached hydrogen (secondary N) is 12. The Bertz CT molecular complexity index is 6630. The number of halogens is 6. The highest BCUT2D eigenvalue weighted by molar-refractivity contribution is 6.46. The van der Waals surface area contributed by atoms with Crippen LogP contribution in [-0.2, 0) is 93.2 Å². The largest absolute Gasteiger partial charge is 0.340 e. The van der Waals surface area contributed by atoms with E-state index in [1.54, 1.807) is 73.6 Å². The molecule has 12 heterocycles. The van der Waals surface area contributed by atoms with Gasteiger partial charge >= 0.3 is 0 Å². The number of aromatic nitrogens is 16. The van der Waals surface area contributed by atoms with Crippen molar-refractivity contribution in [2.45, 2.75) is 200 Å². The van der Waals surface area contributed by atoms with Gasteiger partial charge < -0.3 is 60.8 Å². The average molecular weight is 1870 g/mol. The molecule has 133 heavy (non-hydrogen) atoms. The lowest BCUT2D eigenvalue weighted by Crippen LogP contribution is -2.40.